The number of anilines is 1. The molecule has 4 rings (SSSR count). The number of fused-ring (bicyclic) bond motifs is 1. The molecule has 0 atom stereocenters. The normalized spacial score (nSPS) is 11.6. The Morgan fingerprint density at radius 1 is 1.00 bits per heavy atom. The zero-order valence-electron chi connectivity index (χ0n) is 20.2. The Morgan fingerprint density at radius 2 is 1.79 bits per heavy atom. The quantitative estimate of drug-likeness (QED) is 0.200. The first kappa shape index (κ1) is 26.5. The van der Waals surface area contributed by atoms with E-state index >= 15 is 0 Å². The van der Waals surface area contributed by atoms with Crippen LogP contribution in [0.25, 0.3) is 0 Å². The molecule has 3 amide bonds. The Kier molecular flexibility index (Phi) is 8.77. The summed E-state index contributed by atoms with van der Waals surface area (Å²) in [6, 6.07) is 17.2. The molecular weight excluding hydrogens is 560 g/mol. The first-order valence-electron chi connectivity index (χ1n) is 11.3. The summed E-state index contributed by atoms with van der Waals surface area (Å²) >= 11 is 3.36. The maximum absolute atomic E-state index is 12.3. The number of amides is 3. The summed E-state index contributed by atoms with van der Waals surface area (Å²) in [5, 5.41) is 9.08. The standard InChI is InChI=1S/C26H23BrN4O7/c1-35-20-6-4-19(5-7-20)30-24(32)14-36-21-9-3-18(27)11-17(21)13-29-31-26(34)25(33)28-12-16-2-8-22-23(10-16)38-15-37-22/h2-11,13H,12,14-15H2,1H3,(H,28,33)(H,30,32)(H,31,34)/b29-13-. The van der Waals surface area contributed by atoms with Crippen LogP contribution in [0.3, 0.4) is 0 Å². The van der Waals surface area contributed by atoms with Crippen molar-refractivity contribution in [1.82, 2.24) is 10.7 Å². The number of methoxy groups -OCH3 is 1. The third-order valence-corrected chi connectivity index (χ3v) is 5.66. The van der Waals surface area contributed by atoms with Crippen molar-refractivity contribution in [3.8, 4) is 23.0 Å². The number of hydrogen-bond donors (Lipinski definition) is 3. The number of halogens is 1. The van der Waals surface area contributed by atoms with Gasteiger partial charge in [-0.2, -0.15) is 5.10 Å². The van der Waals surface area contributed by atoms with Gasteiger partial charge in [0.05, 0.1) is 13.3 Å². The molecule has 3 aromatic carbocycles. The lowest BCUT2D eigenvalue weighted by molar-refractivity contribution is -0.139. The van der Waals surface area contributed by atoms with E-state index in [2.05, 4.69) is 37.1 Å². The number of carbonyl (C=O) groups is 3. The summed E-state index contributed by atoms with van der Waals surface area (Å²) in [6.07, 6.45) is 1.31. The average molecular weight is 583 g/mol. The third-order valence-electron chi connectivity index (χ3n) is 5.17. The monoisotopic (exact) mass is 582 g/mol. The van der Waals surface area contributed by atoms with E-state index in [-0.39, 0.29) is 25.9 Å². The van der Waals surface area contributed by atoms with Crippen LogP contribution in [0.4, 0.5) is 5.69 Å². The van der Waals surface area contributed by atoms with Gasteiger partial charge in [-0.15, -0.1) is 0 Å². The van der Waals surface area contributed by atoms with Crippen molar-refractivity contribution in [2.45, 2.75) is 6.54 Å². The number of benzene rings is 3. The Balaban J connectivity index is 1.27. The molecule has 0 fully saturated rings. The van der Waals surface area contributed by atoms with Crippen LogP contribution in [-0.2, 0) is 20.9 Å². The van der Waals surface area contributed by atoms with Gasteiger partial charge in [0.2, 0.25) is 6.79 Å². The summed E-state index contributed by atoms with van der Waals surface area (Å²) in [7, 11) is 1.56. The van der Waals surface area contributed by atoms with E-state index in [4.69, 9.17) is 18.9 Å². The van der Waals surface area contributed by atoms with E-state index in [1.165, 1.54) is 6.21 Å². The molecule has 1 aliphatic heterocycles. The van der Waals surface area contributed by atoms with Crippen LogP contribution in [0.15, 0.2) is 70.2 Å². The average Bonchev–Trinajstić information content (AvgIpc) is 3.39. The van der Waals surface area contributed by atoms with Crippen molar-refractivity contribution in [3.63, 3.8) is 0 Å². The largest absolute Gasteiger partial charge is 0.497 e. The molecule has 0 bridgehead atoms. The van der Waals surface area contributed by atoms with E-state index in [1.54, 1.807) is 67.8 Å². The lowest BCUT2D eigenvalue weighted by Crippen LogP contribution is -2.37. The van der Waals surface area contributed by atoms with Gasteiger partial charge in [-0.3, -0.25) is 14.4 Å². The second-order valence-electron chi connectivity index (χ2n) is 7.82. The summed E-state index contributed by atoms with van der Waals surface area (Å²) in [5.41, 5.74) is 3.98. The van der Waals surface area contributed by atoms with Gasteiger partial charge in [0, 0.05) is 22.3 Å². The molecule has 196 valence electrons. The Hall–Kier alpha value is -4.58. The van der Waals surface area contributed by atoms with Gasteiger partial charge in [0.1, 0.15) is 11.5 Å². The lowest BCUT2D eigenvalue weighted by atomic mass is 10.2. The predicted molar refractivity (Wildman–Crippen MR) is 141 cm³/mol. The van der Waals surface area contributed by atoms with Gasteiger partial charge >= 0.3 is 11.8 Å². The van der Waals surface area contributed by atoms with E-state index in [0.717, 1.165) is 10.0 Å². The van der Waals surface area contributed by atoms with E-state index in [1.807, 2.05) is 0 Å². The maximum Gasteiger partial charge on any atom is 0.329 e. The van der Waals surface area contributed by atoms with Crippen molar-refractivity contribution in [1.29, 1.82) is 0 Å². The van der Waals surface area contributed by atoms with Gasteiger partial charge < -0.3 is 29.6 Å². The topological polar surface area (TPSA) is 137 Å². The van der Waals surface area contributed by atoms with Crippen LogP contribution in [0.1, 0.15) is 11.1 Å². The molecule has 3 N–H and O–H groups in total. The number of ether oxygens (including phenoxy) is 4. The lowest BCUT2D eigenvalue weighted by Gasteiger charge is -2.10. The molecule has 0 unspecified atom stereocenters. The summed E-state index contributed by atoms with van der Waals surface area (Å²) in [5.74, 6) is 0.0557. The Bertz CT molecular complexity index is 1360. The number of rotatable bonds is 9. The fourth-order valence-electron chi connectivity index (χ4n) is 3.29. The van der Waals surface area contributed by atoms with Crippen LogP contribution in [0.2, 0.25) is 0 Å². The number of nitrogens with one attached hydrogen (secondary N) is 3. The SMILES string of the molecule is COc1ccc(NC(=O)COc2ccc(Br)cc2/C=N\NC(=O)C(=O)NCc2ccc3c(c2)OCO3)cc1. The fourth-order valence-corrected chi connectivity index (χ4v) is 3.67. The second-order valence-corrected chi connectivity index (χ2v) is 8.73. The number of hydrazone groups is 1. The fraction of sp³-hybridized carbons (Fsp3) is 0.154. The smallest absolute Gasteiger partial charge is 0.329 e. The van der Waals surface area contributed by atoms with Gasteiger partial charge in [-0.25, -0.2) is 5.43 Å². The molecule has 0 aromatic heterocycles. The maximum atomic E-state index is 12.3. The minimum atomic E-state index is -0.946. The number of hydrogen-bond acceptors (Lipinski definition) is 8. The van der Waals surface area contributed by atoms with Crippen molar-refractivity contribution in [3.05, 3.63) is 76.3 Å². The van der Waals surface area contributed by atoms with Gasteiger partial charge in [-0.05, 0) is 60.2 Å². The van der Waals surface area contributed by atoms with Crippen molar-refractivity contribution < 1.29 is 33.3 Å². The highest BCUT2D eigenvalue weighted by Gasteiger charge is 2.16. The predicted octanol–water partition coefficient (Wildman–Crippen LogP) is 2.97. The van der Waals surface area contributed by atoms with Crippen LogP contribution in [0, 0.1) is 0 Å². The van der Waals surface area contributed by atoms with Crippen molar-refractivity contribution in [2.75, 3.05) is 25.8 Å². The van der Waals surface area contributed by atoms with Crippen LogP contribution in [0.5, 0.6) is 23.0 Å². The minimum Gasteiger partial charge on any atom is -0.497 e. The number of nitrogens with zero attached hydrogens (tertiary/aromatic N) is 1. The van der Waals surface area contributed by atoms with Crippen molar-refractivity contribution >= 4 is 45.6 Å². The highest BCUT2D eigenvalue weighted by molar-refractivity contribution is 9.10. The van der Waals surface area contributed by atoms with E-state index in [9.17, 15) is 14.4 Å². The van der Waals surface area contributed by atoms with Gasteiger partial charge in [0.15, 0.2) is 18.1 Å². The second kappa shape index (κ2) is 12.6. The van der Waals surface area contributed by atoms with Crippen LogP contribution < -0.4 is 35.0 Å². The molecule has 0 saturated heterocycles. The highest BCUT2D eigenvalue weighted by atomic mass is 79.9. The number of carbonyl (C=O) groups excluding carboxylic acids is 3. The molecule has 0 radical (unpaired) electrons. The Morgan fingerprint density at radius 3 is 2.58 bits per heavy atom. The van der Waals surface area contributed by atoms with E-state index < -0.39 is 11.8 Å². The zero-order valence-corrected chi connectivity index (χ0v) is 21.7. The summed E-state index contributed by atoms with van der Waals surface area (Å²) in [6.45, 7) is 0.00509. The Labute approximate surface area is 226 Å². The van der Waals surface area contributed by atoms with E-state index in [0.29, 0.717) is 34.2 Å². The molecular formula is C26H23BrN4O7. The minimum absolute atomic E-state index is 0.120. The van der Waals surface area contributed by atoms with Crippen molar-refractivity contribution in [2.24, 2.45) is 5.10 Å². The molecule has 1 aliphatic rings. The molecule has 12 heteroatoms. The first-order valence-corrected chi connectivity index (χ1v) is 12.1. The molecule has 0 spiro atoms. The van der Waals surface area contributed by atoms with Gasteiger partial charge in [0.25, 0.3) is 5.91 Å². The zero-order chi connectivity index (χ0) is 26.9. The summed E-state index contributed by atoms with van der Waals surface area (Å²) in [4.78, 5) is 36.6. The molecule has 38 heavy (non-hydrogen) atoms. The summed E-state index contributed by atoms with van der Waals surface area (Å²) < 4.78 is 22.0. The van der Waals surface area contributed by atoms with Crippen LogP contribution >= 0.6 is 15.9 Å². The first-order chi connectivity index (χ1) is 18.4. The van der Waals surface area contributed by atoms with Crippen LogP contribution in [-0.4, -0.2) is 44.4 Å². The molecule has 1 heterocycles. The third kappa shape index (κ3) is 7.23. The molecule has 11 nitrogen and oxygen atoms in total. The van der Waals surface area contributed by atoms with Gasteiger partial charge in [-0.1, -0.05) is 22.0 Å². The highest BCUT2D eigenvalue weighted by Crippen LogP contribution is 2.32. The molecule has 0 saturated carbocycles. The molecule has 0 aliphatic carbocycles. The molecule has 3 aromatic rings.